The van der Waals surface area contributed by atoms with Crippen LogP contribution in [-0.4, -0.2) is 56.7 Å². The van der Waals surface area contributed by atoms with E-state index in [1.54, 1.807) is 0 Å². The maximum Gasteiger partial charge on any atom is 2.00 e. The van der Waals surface area contributed by atoms with Gasteiger partial charge >= 0.3 is 23.1 Å². The second kappa shape index (κ2) is 7.85. The van der Waals surface area contributed by atoms with E-state index in [0.717, 1.165) is 8.25 Å². The molecule has 0 amide bonds. The molecule has 0 aromatic heterocycles. The van der Waals surface area contributed by atoms with Gasteiger partial charge in [-0.15, -0.1) is 15.5 Å². The molecule has 0 bridgehead atoms. The summed E-state index contributed by atoms with van der Waals surface area (Å²) < 4.78 is 120. The first-order valence-corrected chi connectivity index (χ1v) is 8.04. The summed E-state index contributed by atoms with van der Waals surface area (Å²) in [4.78, 5) is 0. The molecule has 0 atom stereocenters. The smallest absolute Gasteiger partial charge is 0.379 e. The van der Waals surface area contributed by atoms with E-state index in [1.165, 1.54) is 0 Å². The number of hydrogen-bond acceptors (Lipinski definition) is 8. The molecule has 0 aliphatic rings. The molecular formula is F4MgN2O8S4. The fourth-order valence-corrected chi connectivity index (χ4v) is 1.91. The van der Waals surface area contributed by atoms with Crippen molar-refractivity contribution in [3.63, 3.8) is 0 Å². The van der Waals surface area contributed by atoms with Crippen molar-refractivity contribution in [1.82, 2.24) is 0 Å². The van der Waals surface area contributed by atoms with Crippen LogP contribution in [0.25, 0.3) is 8.25 Å². The molecule has 0 aliphatic heterocycles. The minimum Gasteiger partial charge on any atom is -0.379 e. The summed E-state index contributed by atoms with van der Waals surface area (Å²) >= 11 is 0. The minimum atomic E-state index is -5.62. The van der Waals surface area contributed by atoms with Crippen molar-refractivity contribution in [3.05, 3.63) is 8.25 Å². The van der Waals surface area contributed by atoms with E-state index < -0.39 is 41.6 Å². The van der Waals surface area contributed by atoms with Gasteiger partial charge in [-0.05, 0) is 0 Å². The van der Waals surface area contributed by atoms with Crippen molar-refractivity contribution >= 4 is 64.7 Å². The molecule has 0 radical (unpaired) electrons. The van der Waals surface area contributed by atoms with Gasteiger partial charge in [0.05, 0.1) is 0 Å². The fourth-order valence-electron chi connectivity index (χ4n) is 0.213. The van der Waals surface area contributed by atoms with Crippen molar-refractivity contribution < 1.29 is 49.2 Å². The summed E-state index contributed by atoms with van der Waals surface area (Å²) in [6, 6.07) is 0. The average Bonchev–Trinajstić information content (AvgIpc) is 1.64. The summed E-state index contributed by atoms with van der Waals surface area (Å²) in [5.41, 5.74) is 0. The van der Waals surface area contributed by atoms with Gasteiger partial charge in [0.25, 0.3) is 0 Å². The van der Waals surface area contributed by atoms with E-state index in [0.29, 0.717) is 0 Å². The quantitative estimate of drug-likeness (QED) is 0.345. The Hall–Kier alpha value is 0.206. The largest absolute Gasteiger partial charge is 2.00 e. The van der Waals surface area contributed by atoms with E-state index in [9.17, 15) is 49.2 Å². The Morgan fingerprint density at radius 1 is 0.474 bits per heavy atom. The van der Waals surface area contributed by atoms with Crippen molar-refractivity contribution in [1.29, 1.82) is 0 Å². The van der Waals surface area contributed by atoms with Crippen molar-refractivity contribution in [2.24, 2.45) is 0 Å². The molecule has 0 rings (SSSR count). The number of hydrogen-bond donors (Lipinski definition) is 0. The molecule has 10 nitrogen and oxygen atoms in total. The molecule has 0 heterocycles. The van der Waals surface area contributed by atoms with E-state index in [4.69, 9.17) is 0 Å². The van der Waals surface area contributed by atoms with Crippen LogP contribution in [0.3, 0.4) is 0 Å². The summed E-state index contributed by atoms with van der Waals surface area (Å²) in [5.74, 6) is 0. The van der Waals surface area contributed by atoms with Crippen LogP contribution in [0.1, 0.15) is 0 Å². The summed E-state index contributed by atoms with van der Waals surface area (Å²) in [5, 5.41) is 0. The first kappa shape index (κ1) is 24.2. The van der Waals surface area contributed by atoms with Crippen LogP contribution >= 0.6 is 0 Å². The summed E-state index contributed by atoms with van der Waals surface area (Å²) in [6.07, 6.45) is 0. The predicted molar refractivity (Wildman–Crippen MR) is 52.6 cm³/mol. The van der Waals surface area contributed by atoms with Crippen LogP contribution in [0.2, 0.25) is 0 Å². The Kier molecular flexibility index (Phi) is 10.0. The Labute approximate surface area is 122 Å². The first-order chi connectivity index (χ1) is 7.41. The van der Waals surface area contributed by atoms with E-state index in [-0.39, 0.29) is 23.1 Å². The van der Waals surface area contributed by atoms with Gasteiger partial charge in [0.15, 0.2) is 0 Å². The van der Waals surface area contributed by atoms with Gasteiger partial charge in [-0.1, -0.05) is 0 Å². The second-order valence-electron chi connectivity index (χ2n) is 1.80. The molecule has 0 spiro atoms. The normalized spacial score (nSPS) is 12.8. The average molecular weight is 385 g/mol. The minimum absolute atomic E-state index is 0. The standard InChI is InChI=1S/2F2NO4S2.Mg/c2*1-8(4,5)3-9(2,6)7;/q2*-1;+2. The maximum atomic E-state index is 11.1. The van der Waals surface area contributed by atoms with E-state index in [2.05, 4.69) is 0 Å². The third-order valence-corrected chi connectivity index (χ3v) is 3.21. The van der Waals surface area contributed by atoms with Gasteiger partial charge in [-0.3, -0.25) is 0 Å². The van der Waals surface area contributed by atoms with Crippen LogP contribution in [0.15, 0.2) is 0 Å². The van der Waals surface area contributed by atoms with Crippen LogP contribution in [0.4, 0.5) is 15.5 Å². The SMILES string of the molecule is O=S(=O)(F)[N-]S(=O)(=O)F.O=S(=O)(F)[N-]S(=O)(=O)F.[Mg+2]. The van der Waals surface area contributed by atoms with Gasteiger partial charge in [0.1, 0.15) is 0 Å². The van der Waals surface area contributed by atoms with Gasteiger partial charge in [-0.2, -0.15) is 0 Å². The fraction of sp³-hybridized carbons (Fsp3) is 0. The molecule has 19 heteroatoms. The molecule has 0 aromatic rings. The third-order valence-electron chi connectivity index (χ3n) is 0.356. The maximum absolute atomic E-state index is 11.1. The summed E-state index contributed by atoms with van der Waals surface area (Å²) in [6.45, 7) is 0. The Bertz CT molecular complexity index is 551. The zero-order chi connectivity index (χ0) is 15.4. The van der Waals surface area contributed by atoms with Crippen LogP contribution in [0, 0.1) is 0 Å². The molecule has 0 unspecified atom stereocenters. The van der Waals surface area contributed by atoms with E-state index >= 15 is 0 Å². The zero-order valence-corrected chi connectivity index (χ0v) is 12.7. The molecule has 0 saturated heterocycles. The van der Waals surface area contributed by atoms with Crippen molar-refractivity contribution in [2.45, 2.75) is 0 Å². The molecule has 0 aromatic carbocycles. The molecule has 0 aliphatic carbocycles. The van der Waals surface area contributed by atoms with Gasteiger partial charge in [-0.25, -0.2) is 33.7 Å². The molecule has 0 saturated carbocycles. The van der Waals surface area contributed by atoms with Crippen LogP contribution in [0.5, 0.6) is 0 Å². The predicted octanol–water partition coefficient (Wildman–Crippen LogP) is -0.803. The van der Waals surface area contributed by atoms with Crippen molar-refractivity contribution in [3.8, 4) is 0 Å². The Balaban J connectivity index is -0.000000256. The number of rotatable bonds is 4. The number of halogens is 4. The van der Waals surface area contributed by atoms with Gasteiger partial charge in [0.2, 0.25) is 41.6 Å². The molecule has 19 heavy (non-hydrogen) atoms. The van der Waals surface area contributed by atoms with Crippen LogP contribution in [-0.2, 0) is 41.6 Å². The topological polar surface area (TPSA) is 165 Å². The molecule has 0 fully saturated rings. The third kappa shape index (κ3) is 32.1. The van der Waals surface area contributed by atoms with Crippen molar-refractivity contribution in [2.75, 3.05) is 0 Å². The second-order valence-corrected chi connectivity index (χ2v) is 6.29. The number of nitrogens with zero attached hydrogens (tertiary/aromatic N) is 2. The zero-order valence-electron chi connectivity index (χ0n) is 8.01. The first-order valence-electron chi connectivity index (χ1n) is 2.68. The molecule has 112 valence electrons. The van der Waals surface area contributed by atoms with Crippen LogP contribution < -0.4 is 0 Å². The van der Waals surface area contributed by atoms with Gasteiger partial charge in [0, 0.05) is 0 Å². The Morgan fingerprint density at radius 3 is 0.579 bits per heavy atom. The molecular weight excluding hydrogens is 385 g/mol. The Morgan fingerprint density at radius 2 is 0.579 bits per heavy atom. The monoisotopic (exact) mass is 384 g/mol. The van der Waals surface area contributed by atoms with Gasteiger partial charge < -0.3 is 8.25 Å². The molecule has 0 N–H and O–H groups in total. The van der Waals surface area contributed by atoms with E-state index in [1.807, 2.05) is 0 Å². The summed E-state index contributed by atoms with van der Waals surface area (Å²) in [7, 11) is -22.5.